The van der Waals surface area contributed by atoms with E-state index >= 15 is 4.79 Å². The number of ketones is 1. The molecule has 51 heavy (non-hydrogen) atoms. The van der Waals surface area contributed by atoms with Gasteiger partial charge in [0.05, 0.1) is 23.8 Å². The number of aliphatic hydroxyl groups excluding tert-OH is 5. The highest BCUT2D eigenvalue weighted by Gasteiger charge is 2.65. The first kappa shape index (κ1) is 32.9. The van der Waals surface area contributed by atoms with E-state index in [2.05, 4.69) is 0 Å². The van der Waals surface area contributed by atoms with E-state index in [0.717, 1.165) is 6.07 Å². The number of ether oxygens (including phenoxy) is 4. The van der Waals surface area contributed by atoms with Crippen LogP contribution in [0.2, 0.25) is 0 Å². The molecule has 1 fully saturated rings. The maximum Gasteiger partial charge on any atom is 0.244 e. The number of hydrogen-bond acceptors (Lipinski definition) is 15. The van der Waals surface area contributed by atoms with Crippen molar-refractivity contribution in [1.29, 1.82) is 0 Å². The molecule has 15 heteroatoms. The topological polar surface area (TPSA) is 256 Å². The van der Waals surface area contributed by atoms with Crippen LogP contribution in [0.15, 0.2) is 60.7 Å². The van der Waals surface area contributed by atoms with Gasteiger partial charge in [0.2, 0.25) is 11.4 Å². The minimum absolute atomic E-state index is 0.0152. The average Bonchev–Trinajstić information content (AvgIpc) is 3.58. The first-order chi connectivity index (χ1) is 24.3. The van der Waals surface area contributed by atoms with Crippen molar-refractivity contribution in [3.63, 3.8) is 0 Å². The van der Waals surface area contributed by atoms with Crippen LogP contribution in [0.25, 0.3) is 0 Å². The predicted octanol–water partition coefficient (Wildman–Crippen LogP) is 1.37. The Morgan fingerprint density at radius 1 is 0.725 bits per heavy atom. The summed E-state index contributed by atoms with van der Waals surface area (Å²) in [6.45, 7) is -0.792. The van der Waals surface area contributed by atoms with Crippen LogP contribution >= 0.6 is 0 Å². The van der Waals surface area contributed by atoms with Gasteiger partial charge in [0.15, 0.2) is 6.10 Å². The molecule has 0 unspecified atom stereocenters. The number of rotatable bonds is 4. The maximum atomic E-state index is 15.0. The maximum absolute atomic E-state index is 15.0. The average molecular weight is 705 g/mol. The van der Waals surface area contributed by atoms with Crippen molar-refractivity contribution in [2.45, 2.75) is 60.9 Å². The number of hydrogen-bond donors (Lipinski definition) is 10. The highest BCUT2D eigenvalue weighted by Crippen LogP contribution is 2.64. The molecule has 4 aliphatic rings. The van der Waals surface area contributed by atoms with Gasteiger partial charge in [-0.1, -0.05) is 24.3 Å². The molecule has 1 spiro atoms. The molecule has 0 amide bonds. The SMILES string of the molecule is O=C1c2c(cc(O)c([C@@H]3O[C@@H](CO)[C@@H](O)[C@@H](O)[C@H]3O)c2O)O[C@@]12c1c(cc(O)c3c1O[C@@H](c1ccc(O)cc1)[C@@H](O)C3)O[C@H]2c1ccc(O)cc1. The van der Waals surface area contributed by atoms with Crippen molar-refractivity contribution in [2.75, 3.05) is 6.61 Å². The lowest BCUT2D eigenvalue weighted by Crippen LogP contribution is -2.55. The standard InChI is InChI=1S/C36H32O15/c37-12-23-27(43)29(45)30(46)33(48-23)24-19(41)11-21-25(28(24)44)34(47)36(51-21)26-22(49-35(36)14-3-7-16(39)8-4-14)10-18(40)17-9-20(42)31(50-32(17)26)13-1-5-15(38)6-2-13/h1-8,10-11,20,23,27,29-31,33,35,37-46H,9,12H2/t20-,23-,27+,29+,30+,31-,33-,35-,36-/m0/s1. The van der Waals surface area contributed by atoms with E-state index in [1.54, 1.807) is 0 Å². The number of phenols is 5. The largest absolute Gasteiger partial charge is 0.508 e. The van der Waals surface area contributed by atoms with Crippen LogP contribution in [0, 0.1) is 0 Å². The molecule has 0 bridgehead atoms. The second-order valence-corrected chi connectivity index (χ2v) is 13.0. The number of fused-ring (bicyclic) bond motifs is 5. The van der Waals surface area contributed by atoms with Crippen molar-refractivity contribution < 1.29 is 74.8 Å². The van der Waals surface area contributed by atoms with Crippen molar-refractivity contribution in [3.05, 3.63) is 94.0 Å². The molecule has 266 valence electrons. The van der Waals surface area contributed by atoms with Gasteiger partial charge in [0.1, 0.15) is 88.2 Å². The van der Waals surface area contributed by atoms with Crippen LogP contribution in [0.4, 0.5) is 0 Å². The predicted molar refractivity (Wildman–Crippen MR) is 170 cm³/mol. The summed E-state index contributed by atoms with van der Waals surface area (Å²) in [6.07, 6.45) is -12.4. The molecule has 10 N–H and O–H groups in total. The normalized spacial score (nSPS) is 30.6. The second-order valence-electron chi connectivity index (χ2n) is 13.0. The Bertz CT molecular complexity index is 2050. The van der Waals surface area contributed by atoms with Crippen LogP contribution in [0.1, 0.15) is 56.5 Å². The molecule has 15 nitrogen and oxygen atoms in total. The molecule has 9 atom stereocenters. The van der Waals surface area contributed by atoms with Gasteiger partial charge in [-0.25, -0.2) is 0 Å². The Morgan fingerprint density at radius 3 is 2.00 bits per heavy atom. The minimum Gasteiger partial charge on any atom is -0.508 e. The van der Waals surface area contributed by atoms with E-state index in [1.807, 2.05) is 0 Å². The second kappa shape index (κ2) is 11.6. The lowest BCUT2D eigenvalue weighted by Gasteiger charge is -2.40. The first-order valence-electron chi connectivity index (χ1n) is 16.0. The monoisotopic (exact) mass is 704 g/mol. The fraction of sp³-hybridized carbons (Fsp3) is 0.306. The summed E-state index contributed by atoms with van der Waals surface area (Å²) in [5.41, 5.74) is -2.37. The van der Waals surface area contributed by atoms with Gasteiger partial charge < -0.3 is 70.0 Å². The van der Waals surface area contributed by atoms with E-state index in [9.17, 15) is 51.1 Å². The van der Waals surface area contributed by atoms with Gasteiger partial charge in [-0.3, -0.25) is 4.79 Å². The number of benzene rings is 4. The smallest absolute Gasteiger partial charge is 0.244 e. The fourth-order valence-corrected chi connectivity index (χ4v) is 7.51. The van der Waals surface area contributed by atoms with Gasteiger partial charge in [0, 0.05) is 24.1 Å². The van der Waals surface area contributed by atoms with Crippen molar-refractivity contribution in [3.8, 4) is 46.0 Å². The number of aromatic hydroxyl groups is 5. The van der Waals surface area contributed by atoms with Gasteiger partial charge in [-0.05, 0) is 35.4 Å². The summed E-state index contributed by atoms with van der Waals surface area (Å²) >= 11 is 0. The van der Waals surface area contributed by atoms with Crippen LogP contribution in [-0.4, -0.2) is 94.0 Å². The molecule has 0 aliphatic carbocycles. The van der Waals surface area contributed by atoms with Gasteiger partial charge in [-0.15, -0.1) is 0 Å². The first-order valence-corrected chi connectivity index (χ1v) is 16.0. The lowest BCUT2D eigenvalue weighted by atomic mass is 9.78. The van der Waals surface area contributed by atoms with Gasteiger partial charge in [-0.2, -0.15) is 0 Å². The number of carbonyl (C=O) groups is 1. The summed E-state index contributed by atoms with van der Waals surface area (Å²) in [5, 5.41) is 106. The molecule has 8 rings (SSSR count). The van der Waals surface area contributed by atoms with E-state index < -0.39 is 89.4 Å². The van der Waals surface area contributed by atoms with Crippen LogP contribution in [-0.2, 0) is 16.8 Å². The van der Waals surface area contributed by atoms with E-state index in [4.69, 9.17) is 18.9 Å². The molecule has 0 radical (unpaired) electrons. The summed E-state index contributed by atoms with van der Waals surface area (Å²) in [4.78, 5) is 15.0. The Balaban J connectivity index is 1.31. The van der Waals surface area contributed by atoms with E-state index in [0.29, 0.717) is 11.1 Å². The Morgan fingerprint density at radius 2 is 1.35 bits per heavy atom. The van der Waals surface area contributed by atoms with Crippen LogP contribution in [0.5, 0.6) is 46.0 Å². The Kier molecular flexibility index (Phi) is 7.50. The molecule has 4 heterocycles. The number of Topliss-reactive ketones (excluding diaryl/α,β-unsaturated/α-hetero) is 1. The third-order valence-electron chi connectivity index (χ3n) is 10.0. The van der Waals surface area contributed by atoms with Crippen molar-refractivity contribution in [2.24, 2.45) is 0 Å². The summed E-state index contributed by atoms with van der Waals surface area (Å²) in [6, 6.07) is 13.8. The Hall–Kier alpha value is -5.29. The van der Waals surface area contributed by atoms with Crippen molar-refractivity contribution >= 4 is 5.78 Å². The molecule has 4 aromatic carbocycles. The molecule has 0 saturated carbocycles. The van der Waals surface area contributed by atoms with Crippen LogP contribution in [0.3, 0.4) is 0 Å². The molecule has 4 aliphatic heterocycles. The molecule has 0 aromatic heterocycles. The van der Waals surface area contributed by atoms with Gasteiger partial charge >= 0.3 is 0 Å². The third kappa shape index (κ3) is 4.70. The van der Waals surface area contributed by atoms with E-state index in [-0.39, 0.29) is 52.0 Å². The van der Waals surface area contributed by atoms with Gasteiger partial charge in [0.25, 0.3) is 0 Å². The molecule has 4 aromatic rings. The highest BCUT2D eigenvalue weighted by atomic mass is 16.6. The summed E-state index contributed by atoms with van der Waals surface area (Å²) in [7, 11) is 0. The minimum atomic E-state index is -2.23. The van der Waals surface area contributed by atoms with Crippen molar-refractivity contribution in [1.82, 2.24) is 0 Å². The number of aliphatic hydroxyl groups is 5. The van der Waals surface area contributed by atoms with Crippen LogP contribution < -0.4 is 14.2 Å². The quantitative estimate of drug-likeness (QED) is 0.144. The Labute approximate surface area is 288 Å². The summed E-state index contributed by atoms with van der Waals surface area (Å²) in [5.74, 6) is -3.40. The molecular weight excluding hydrogens is 672 g/mol. The fourth-order valence-electron chi connectivity index (χ4n) is 7.51. The summed E-state index contributed by atoms with van der Waals surface area (Å²) < 4.78 is 24.7. The zero-order chi connectivity index (χ0) is 36.1. The van der Waals surface area contributed by atoms with E-state index in [1.165, 1.54) is 54.6 Å². The highest BCUT2D eigenvalue weighted by molar-refractivity contribution is 6.12. The zero-order valence-corrected chi connectivity index (χ0v) is 26.3. The molecular formula is C36H32O15. The number of phenolic OH excluding ortho intramolecular Hbond substituents is 5. The lowest BCUT2D eigenvalue weighted by molar-refractivity contribution is -0.232. The zero-order valence-electron chi connectivity index (χ0n) is 26.3. The number of carbonyl (C=O) groups excluding carboxylic acids is 1. The molecule has 1 saturated heterocycles. The third-order valence-corrected chi connectivity index (χ3v) is 10.0.